The molecule has 5 aliphatic carbocycles. The third-order valence-corrected chi connectivity index (χ3v) is 20.9. The zero-order valence-electron chi connectivity index (χ0n) is 58.1. The summed E-state index contributed by atoms with van der Waals surface area (Å²) in [5.74, 6) is -7.30. The van der Waals surface area contributed by atoms with Gasteiger partial charge in [0.25, 0.3) is 17.5 Å². The van der Waals surface area contributed by atoms with Gasteiger partial charge in [0, 0.05) is 150 Å². The summed E-state index contributed by atoms with van der Waals surface area (Å²) < 4.78 is 114. The summed E-state index contributed by atoms with van der Waals surface area (Å²) in [5, 5.41) is 47.5. The minimum Gasteiger partial charge on any atom is -0.423 e. The van der Waals surface area contributed by atoms with Gasteiger partial charge in [0.2, 0.25) is 20.0 Å². The number of aromatic nitrogens is 5. The van der Waals surface area contributed by atoms with E-state index in [0.717, 1.165) is 97.1 Å². The van der Waals surface area contributed by atoms with E-state index in [1.165, 1.54) is 11.3 Å². The van der Waals surface area contributed by atoms with Gasteiger partial charge in [-0.2, -0.15) is 0 Å². The largest absolute Gasteiger partial charge is 0.488 e. The number of aliphatic hydroxyl groups excluding tert-OH is 1. The van der Waals surface area contributed by atoms with Crippen LogP contribution in [0.1, 0.15) is 104 Å². The van der Waals surface area contributed by atoms with Crippen molar-refractivity contribution in [2.24, 2.45) is 5.73 Å². The van der Waals surface area contributed by atoms with Gasteiger partial charge in [-0.1, -0.05) is 91.7 Å². The number of carbonyl (C=O) groups excluding carboxylic acids is 2. The number of anilines is 2. The van der Waals surface area contributed by atoms with Gasteiger partial charge in [-0.3, -0.25) is 54.1 Å². The molecule has 36 heteroatoms. The zero-order valence-corrected chi connectivity index (χ0v) is 67.6. The van der Waals surface area contributed by atoms with Crippen molar-refractivity contribution in [3.63, 3.8) is 0 Å². The molecule has 5 heterocycles. The van der Waals surface area contributed by atoms with Gasteiger partial charge in [-0.25, -0.2) is 39.7 Å². The van der Waals surface area contributed by atoms with Crippen LogP contribution in [0.3, 0.4) is 0 Å². The van der Waals surface area contributed by atoms with E-state index in [1.54, 1.807) is 105 Å². The molecule has 0 atom stereocenters. The Morgan fingerprint density at radius 2 is 0.964 bits per heavy atom. The van der Waals surface area contributed by atoms with Gasteiger partial charge < -0.3 is 31.5 Å². The van der Waals surface area contributed by atoms with E-state index in [1.807, 2.05) is 41.3 Å². The highest BCUT2D eigenvalue weighted by Gasteiger charge is 2.29. The molecule has 572 valence electrons. The van der Waals surface area contributed by atoms with Crippen molar-refractivity contribution in [2.45, 2.75) is 58.8 Å². The van der Waals surface area contributed by atoms with Crippen LogP contribution in [0.5, 0.6) is 0 Å². The highest BCUT2D eigenvalue weighted by molar-refractivity contribution is 9.11. The first-order valence-corrected chi connectivity index (χ1v) is 39.8. The standard InChI is InChI=1S/C24H20ClF2N3O3S.C18H16BrF2N3O3S.C8H5BrN2O2.C8H7BrN2.C8H6BrN.C6H6BClO2.CHN.CH4O/c1-2-11-34(32,33)30-21-8-7-18(26)22(23(21)27)24(31)29-20-10-9-19-17(20)12-15(13-28-19)14-3-5-16(25)6-4-14;1-2-7-28(26,27)24-15-4-3-12(20)16(17(15)21)18(25)23-14-6-5-13-11(14)8-10(19)9-22-13;9-5-3-6-7(10-4-5)1-2-8(6)11(12)13;9-5-3-6-7(10)1-2-8(6)11-4-5;9-7-4-6-2-1-3-8(6)10-5-7;8-6-3-1-5(2-4-6)7(9)10;2*1-2/h3-8,10,12-13,30H,2,9,11H2,1H3,(H,29,31);3-4,6,8-9,24H,2,5,7H2,1H3,(H,23,25);2-4H,1H2;1,3-4H,2,10H2;1-2,4-5H,3H2;1-4,9-10H;1H;2H,1H3. The molecule has 4 aromatic carbocycles. The van der Waals surface area contributed by atoms with Gasteiger partial charge in [-0.15, -0.1) is 0 Å². The van der Waals surface area contributed by atoms with Crippen LogP contribution < -0.4 is 31.3 Å². The molecule has 2 amide bonds. The fourth-order valence-electron chi connectivity index (χ4n) is 10.7. The zero-order chi connectivity index (χ0) is 80.7. The Balaban J connectivity index is 0.000000195. The van der Waals surface area contributed by atoms with E-state index in [2.05, 4.69) is 129 Å². The lowest BCUT2D eigenvalue weighted by atomic mass is 9.81. The molecule has 14 rings (SSSR count). The van der Waals surface area contributed by atoms with Gasteiger partial charge in [0.15, 0.2) is 11.6 Å². The average molecular weight is 1840 g/mol. The van der Waals surface area contributed by atoms with E-state index in [4.69, 9.17) is 49.4 Å². The molecular weight excluding hydrogens is 1770 g/mol. The normalized spacial score (nSPS) is 12.5. The Labute approximate surface area is 674 Å². The van der Waals surface area contributed by atoms with Crippen LogP contribution in [0.15, 0.2) is 182 Å². The molecule has 5 aromatic heterocycles. The smallest absolute Gasteiger partial charge is 0.423 e. The van der Waals surface area contributed by atoms with Crippen LogP contribution in [-0.2, 0) is 52.2 Å². The number of carbonyl (C=O) groups is 2. The molecule has 0 saturated carbocycles. The topological polar surface area (TPSA) is 369 Å². The summed E-state index contributed by atoms with van der Waals surface area (Å²) in [6.07, 6.45) is 23.8. The maximum absolute atomic E-state index is 15.0. The van der Waals surface area contributed by atoms with Gasteiger partial charge in [0.1, 0.15) is 22.8 Å². The second kappa shape index (κ2) is 41.1. The van der Waals surface area contributed by atoms with Crippen LogP contribution in [0, 0.1) is 45.2 Å². The molecule has 23 nitrogen and oxygen atoms in total. The van der Waals surface area contributed by atoms with Crippen molar-refractivity contribution in [3.8, 4) is 17.7 Å². The molecule has 9 N–H and O–H groups in total. The van der Waals surface area contributed by atoms with E-state index in [0.29, 0.717) is 85.9 Å². The number of rotatable bonds is 15. The highest BCUT2D eigenvalue weighted by atomic mass is 79.9. The first kappa shape index (κ1) is 87.8. The van der Waals surface area contributed by atoms with Crippen molar-refractivity contribution in [1.82, 2.24) is 35.6 Å². The summed E-state index contributed by atoms with van der Waals surface area (Å²) in [6, 6.07) is 26.5. The first-order valence-electron chi connectivity index (χ1n) is 32.5. The number of pyridine rings is 5. The van der Waals surface area contributed by atoms with Crippen LogP contribution >= 0.6 is 86.9 Å². The number of benzene rings is 4. The fraction of sp³-hybridized carbons (Fsp3) is 0.162. The van der Waals surface area contributed by atoms with E-state index >= 15 is 0 Å². The number of sulfonamides is 2. The van der Waals surface area contributed by atoms with Crippen LogP contribution in [0.4, 0.5) is 28.9 Å². The third-order valence-electron chi connectivity index (χ3n) is 15.7. The number of hydrogen-bond donors (Lipinski definition) is 8. The molecular formula is C74H65BBr4Cl2F4N12O11S2. The molecule has 9 aromatic rings. The number of nitrogens with two attached hydrogens (primary N) is 1. The lowest BCUT2D eigenvalue weighted by Gasteiger charge is -2.13. The molecule has 0 bridgehead atoms. The third kappa shape index (κ3) is 24.1. The maximum atomic E-state index is 15.0. The molecule has 0 spiro atoms. The number of amides is 2. The molecule has 0 unspecified atom stereocenters. The molecule has 0 saturated heterocycles. The van der Waals surface area contributed by atoms with Crippen molar-refractivity contribution in [3.05, 3.63) is 293 Å². The predicted octanol–water partition coefficient (Wildman–Crippen LogP) is 14.7. The van der Waals surface area contributed by atoms with Gasteiger partial charge in [0.05, 0.1) is 61.8 Å². The summed E-state index contributed by atoms with van der Waals surface area (Å²) in [6.45, 7) is 6.80. The van der Waals surface area contributed by atoms with Crippen LogP contribution in [0.25, 0.3) is 40.0 Å². The quantitative estimate of drug-likeness (QED) is 0.0204. The number of aliphatic hydroxyl groups is 1. The number of nitriles is 1. The Morgan fingerprint density at radius 3 is 1.44 bits per heavy atom. The maximum Gasteiger partial charge on any atom is 0.488 e. The molecule has 0 fully saturated rings. The predicted molar refractivity (Wildman–Crippen MR) is 432 cm³/mol. The Kier molecular flexibility index (Phi) is 32.8. The SMILES string of the molecule is Brc1cnc2c(c1)C=CC2.C#N.CCCS(=O)(=O)Nc1ccc(F)c(C(=O)NC2=CCc3ncc(-c4ccc(Cl)cc4)cc32)c1F.CCCS(=O)(=O)Nc1ccc(F)c(C(=O)NC2=CCc3ncc(Br)cc32)c1F.CO.NC1=CCc2ncc(Br)cc21.O=[N+]([O-])C1=CCc2ncc(Br)cc21.OB(O)c1ccc(Cl)cc1. The Hall–Kier alpha value is -9.38. The molecule has 110 heavy (non-hydrogen) atoms. The van der Waals surface area contributed by atoms with Crippen LogP contribution in [0.2, 0.25) is 10.0 Å². The number of nitrogens with one attached hydrogen (secondary N) is 4. The van der Waals surface area contributed by atoms with Crippen molar-refractivity contribution >= 4 is 172 Å². The van der Waals surface area contributed by atoms with E-state index in [9.17, 15) is 54.1 Å². The van der Waals surface area contributed by atoms with Gasteiger partial charge >= 0.3 is 7.12 Å². The highest BCUT2D eigenvalue weighted by Crippen LogP contribution is 2.34. The number of allylic oxidation sites excluding steroid dienone is 5. The lowest BCUT2D eigenvalue weighted by Crippen LogP contribution is -2.29. The lowest BCUT2D eigenvalue weighted by molar-refractivity contribution is -0.375. The van der Waals surface area contributed by atoms with Gasteiger partial charge in [-0.05, 0) is 172 Å². The summed E-state index contributed by atoms with van der Waals surface area (Å²) in [7, 11) is -8.03. The van der Waals surface area contributed by atoms with Crippen LogP contribution in [-0.4, -0.2) is 99.4 Å². The number of hydrogen-bond acceptors (Lipinski definition) is 18. The van der Waals surface area contributed by atoms with Crippen molar-refractivity contribution in [2.75, 3.05) is 28.1 Å². The minimum absolute atomic E-state index is 0.156. The Morgan fingerprint density at radius 1 is 0.564 bits per heavy atom. The fourth-order valence-corrected chi connectivity index (χ4v) is 14.5. The molecule has 0 radical (unpaired) electrons. The Bertz CT molecular complexity index is 5350. The average Bonchev–Trinajstić information content (AvgIpc) is 1.32. The number of fused-ring (bicyclic) bond motifs is 5. The monoisotopic (exact) mass is 1830 g/mol. The number of nitrogens with zero attached hydrogens (tertiary/aromatic N) is 7. The number of halogens is 10. The second-order valence-corrected chi connectivity index (χ2v) is 31.5. The van der Waals surface area contributed by atoms with Crippen molar-refractivity contribution < 1.29 is 64.1 Å². The van der Waals surface area contributed by atoms with E-state index in [-0.39, 0.29) is 22.1 Å². The molecule has 0 aliphatic heterocycles. The molecule has 5 aliphatic rings. The summed E-state index contributed by atoms with van der Waals surface area (Å²) >= 11 is 24.7. The second-order valence-electron chi connectivity index (χ2n) is 23.3. The van der Waals surface area contributed by atoms with E-state index < -0.39 is 84.7 Å². The summed E-state index contributed by atoms with van der Waals surface area (Å²) in [4.78, 5) is 56.8. The van der Waals surface area contributed by atoms with Crippen molar-refractivity contribution in [1.29, 1.82) is 5.26 Å². The first-order chi connectivity index (χ1) is 52.4. The summed E-state index contributed by atoms with van der Waals surface area (Å²) in [5.41, 5.74) is 15.5. The minimum atomic E-state index is -3.83. The number of nitro groups is 1.